The highest BCUT2D eigenvalue weighted by atomic mass is 16.5. The number of benzene rings is 7. The van der Waals surface area contributed by atoms with E-state index in [1.54, 1.807) is 6.07 Å². The fourth-order valence-corrected chi connectivity index (χ4v) is 10.0. The number of fused-ring (bicyclic) bond motifs is 4. The van der Waals surface area contributed by atoms with Crippen LogP contribution in [0.15, 0.2) is 203 Å². The molecule has 0 atom stereocenters. The SMILES string of the molecule is CN(CCO)c1ccc(C#C/C=C(\C#N)c2nc3ccccc3o2)cc1.CN(CCO)c1ccc(C#CC=O)cc1.CN(CCOC(=O)NCc1ccc(COc2nc(N)nc3nc[nH]c23)cc1)c1ccc(C#C/C=C(\C#N)c2nc3ccccc3o2)cc1.NCc1ccc(COc2nc(N)nc3nc[nH]c23)cc1. The van der Waals surface area contributed by atoms with Gasteiger partial charge in [0, 0.05) is 93.2 Å². The van der Waals surface area contributed by atoms with Crippen molar-refractivity contribution in [1.29, 1.82) is 10.5 Å². The number of nitrogens with two attached hydrogens (primary N) is 3. The number of nitrogen functional groups attached to an aromatic ring is 2. The molecular weight excluding hydrogens is 1380 g/mol. The lowest BCUT2D eigenvalue weighted by Gasteiger charge is -2.19. The fourth-order valence-electron chi connectivity index (χ4n) is 10.0. The number of aliphatic hydroxyl groups is 2. The standard InChI is InChI=1S/C35H29N9O4.C21H17N3O2.C13H14N6O.C12H13NO2/c1-44(27-15-13-23(14-16-27)5-4-6-26(19-36)32-41-28-7-2-3-8-29(28)48-32)17-18-46-35(45)38-20-24-9-11-25(12-10-24)21-47-33-30-31(40-22-39-30)42-34(37)43-33;1-24(13-14-25)18-11-9-16(10-12-18)5-4-6-17(15-22)21-23-19-7-2-3-8-20(19)26-21;14-5-8-1-3-9(4-2-8)6-20-12-10-11(17-7-16-10)18-13(15)19-12;1-13(8-10-15)12-6-4-11(5-7-12)3-2-9-14/h2-3,6-16,22H,17-18,20-21H2,1H3,(H,38,45)(H3,37,39,40,42,43);2-3,6-12,25H,13-14H2,1H3;1-4,7H,5-6,14H2,(H3,15,16,17,18,19);4-7,9,15H,8,10H2,1H3/b26-6+;17-6+;;. The first-order valence-electron chi connectivity index (χ1n) is 33.7. The van der Waals surface area contributed by atoms with Crippen LogP contribution in [-0.4, -0.2) is 133 Å². The molecule has 0 aliphatic rings. The molecule has 546 valence electrons. The predicted molar refractivity (Wildman–Crippen MR) is 415 cm³/mol. The van der Waals surface area contributed by atoms with E-state index in [0.717, 1.165) is 56.0 Å². The molecule has 13 aromatic rings. The normalized spacial score (nSPS) is 10.7. The fraction of sp³-hybridized carbons (Fsp3) is 0.160. The lowest BCUT2D eigenvalue weighted by Crippen LogP contribution is -2.28. The minimum Gasteiger partial charge on any atom is -0.471 e. The van der Waals surface area contributed by atoms with Gasteiger partial charge in [-0.25, -0.2) is 24.7 Å². The number of H-pyrrole nitrogens is 2. The van der Waals surface area contributed by atoms with E-state index in [1.165, 1.54) is 24.8 Å². The van der Waals surface area contributed by atoms with E-state index in [1.807, 2.05) is 200 Å². The van der Waals surface area contributed by atoms with Crippen LogP contribution < -0.4 is 46.7 Å². The van der Waals surface area contributed by atoms with E-state index in [2.05, 4.69) is 103 Å². The molecule has 0 aliphatic heterocycles. The lowest BCUT2D eigenvalue weighted by molar-refractivity contribution is -0.103. The van der Waals surface area contributed by atoms with Crippen molar-refractivity contribution < 1.29 is 42.8 Å². The maximum Gasteiger partial charge on any atom is 0.407 e. The Kier molecular flexibility index (Phi) is 27.6. The number of para-hydroxylation sites is 4. The van der Waals surface area contributed by atoms with Crippen LogP contribution in [-0.2, 0) is 35.8 Å². The molecule has 1 amide bonds. The Hall–Kier alpha value is -14.9. The van der Waals surface area contributed by atoms with E-state index < -0.39 is 6.09 Å². The van der Waals surface area contributed by atoms with Crippen molar-refractivity contribution in [2.45, 2.75) is 26.3 Å². The first-order chi connectivity index (χ1) is 53.2. The van der Waals surface area contributed by atoms with E-state index >= 15 is 0 Å². The molecule has 0 radical (unpaired) electrons. The molecule has 0 aliphatic carbocycles. The van der Waals surface area contributed by atoms with Crippen molar-refractivity contribution >= 4 is 97.0 Å². The van der Waals surface area contributed by atoms with Gasteiger partial charge >= 0.3 is 6.09 Å². The van der Waals surface area contributed by atoms with E-state index in [4.69, 9.17) is 50.5 Å². The number of nitrogens with one attached hydrogen (secondary N) is 3. The number of likely N-dealkylation sites (N-methyl/N-ethyl adjacent to an activating group) is 3. The van der Waals surface area contributed by atoms with Gasteiger partial charge in [0.25, 0.3) is 0 Å². The number of nitrogens with zero attached hydrogens (tertiary/aromatic N) is 13. The third kappa shape index (κ3) is 22.3. The van der Waals surface area contributed by atoms with Crippen LogP contribution >= 0.6 is 0 Å². The van der Waals surface area contributed by atoms with Crippen molar-refractivity contribution in [3.8, 4) is 59.4 Å². The molecule has 0 fully saturated rings. The second-order valence-electron chi connectivity index (χ2n) is 23.5. The monoisotopic (exact) mass is 1460 g/mol. The molecule has 0 unspecified atom stereocenters. The zero-order valence-electron chi connectivity index (χ0n) is 59.4. The van der Waals surface area contributed by atoms with Gasteiger partial charge in [0.2, 0.25) is 35.4 Å². The summed E-state index contributed by atoms with van der Waals surface area (Å²) in [5, 5.41) is 39.4. The summed E-state index contributed by atoms with van der Waals surface area (Å²) < 4.78 is 28.1. The first kappa shape index (κ1) is 76.8. The number of nitriles is 2. The number of alkyl carbamates (subject to hydrolysis) is 1. The number of aldehydes is 1. The number of aliphatic hydroxyl groups excluding tert-OH is 2. The molecule has 28 nitrogen and oxygen atoms in total. The molecule has 0 bridgehead atoms. The largest absolute Gasteiger partial charge is 0.471 e. The van der Waals surface area contributed by atoms with Crippen LogP contribution in [0.1, 0.15) is 50.7 Å². The van der Waals surface area contributed by atoms with Crippen molar-refractivity contribution in [3.63, 3.8) is 0 Å². The zero-order valence-corrected chi connectivity index (χ0v) is 59.4. The molecular formula is C81H73N19O9. The Bertz CT molecular complexity index is 5510. The second-order valence-corrected chi connectivity index (χ2v) is 23.5. The van der Waals surface area contributed by atoms with Crippen molar-refractivity contribution in [3.05, 3.63) is 245 Å². The molecule has 6 heterocycles. The van der Waals surface area contributed by atoms with Gasteiger partial charge in [-0.05, 0) is 125 Å². The third-order valence-electron chi connectivity index (χ3n) is 15.9. The number of carbonyl (C=O) groups is 2. The zero-order chi connectivity index (χ0) is 76.7. The van der Waals surface area contributed by atoms with Gasteiger partial charge in [-0.1, -0.05) is 102 Å². The Morgan fingerprint density at radius 3 is 1.34 bits per heavy atom. The molecule has 6 aromatic heterocycles. The Labute approximate surface area is 626 Å². The quantitative estimate of drug-likeness (QED) is 0.0188. The highest BCUT2D eigenvalue weighted by Crippen LogP contribution is 2.26. The maximum atomic E-state index is 12.3. The number of oxazole rings is 2. The molecule has 109 heavy (non-hydrogen) atoms. The second kappa shape index (κ2) is 39.1. The van der Waals surface area contributed by atoms with Crippen LogP contribution in [0.2, 0.25) is 0 Å². The summed E-state index contributed by atoms with van der Waals surface area (Å²) in [4.78, 5) is 67.1. The number of anilines is 5. The summed E-state index contributed by atoms with van der Waals surface area (Å²) in [5.74, 6) is 18.3. The number of aromatic nitrogens is 10. The maximum absolute atomic E-state index is 12.3. The van der Waals surface area contributed by atoms with Crippen LogP contribution in [0, 0.1) is 58.2 Å². The molecule has 0 spiro atoms. The summed E-state index contributed by atoms with van der Waals surface area (Å²) in [7, 11) is 5.73. The van der Waals surface area contributed by atoms with Crippen LogP contribution in [0.25, 0.3) is 55.7 Å². The molecule has 11 N–H and O–H groups in total. The van der Waals surface area contributed by atoms with Crippen molar-refractivity contribution in [2.24, 2.45) is 5.73 Å². The predicted octanol–water partition coefficient (Wildman–Crippen LogP) is 9.83. The number of hydrogen-bond donors (Lipinski definition) is 8. The average Bonchev–Trinajstić information content (AvgIpc) is 1.72. The number of carbonyl (C=O) groups excluding carboxylic acids is 2. The van der Waals surface area contributed by atoms with Crippen molar-refractivity contribution in [1.82, 2.24) is 55.2 Å². The van der Waals surface area contributed by atoms with E-state index in [-0.39, 0.29) is 61.3 Å². The van der Waals surface area contributed by atoms with Gasteiger partial charge in [-0.15, -0.1) is 0 Å². The average molecular weight is 1460 g/mol. The van der Waals surface area contributed by atoms with Gasteiger partial charge in [0.15, 0.2) is 28.7 Å². The summed E-state index contributed by atoms with van der Waals surface area (Å²) in [6.07, 6.45) is 6.11. The summed E-state index contributed by atoms with van der Waals surface area (Å²) >= 11 is 0. The number of rotatable bonds is 21. The van der Waals surface area contributed by atoms with Crippen LogP contribution in [0.4, 0.5) is 33.8 Å². The van der Waals surface area contributed by atoms with Crippen molar-refractivity contribution in [2.75, 3.05) is 86.8 Å². The van der Waals surface area contributed by atoms with Gasteiger partial charge in [0.1, 0.15) is 65.2 Å². The highest BCUT2D eigenvalue weighted by molar-refractivity contribution is 5.82. The lowest BCUT2D eigenvalue weighted by atomic mass is 10.1. The molecule has 13 rings (SSSR count). The number of aromatic amines is 2. The summed E-state index contributed by atoms with van der Waals surface area (Å²) in [5.41, 5.74) is 31.5. The Morgan fingerprint density at radius 2 is 0.936 bits per heavy atom. The molecule has 7 aromatic carbocycles. The first-order valence-corrected chi connectivity index (χ1v) is 33.7. The Morgan fingerprint density at radius 1 is 0.532 bits per heavy atom. The van der Waals surface area contributed by atoms with Crippen LogP contribution in [0.3, 0.4) is 0 Å². The summed E-state index contributed by atoms with van der Waals surface area (Å²) in [6, 6.07) is 57.1. The van der Waals surface area contributed by atoms with E-state index in [9.17, 15) is 20.1 Å². The number of hydrogen-bond acceptors (Lipinski definition) is 25. The number of imidazole rings is 2. The Balaban J connectivity index is 0.000000173. The number of ether oxygens (including phenoxy) is 3. The number of allylic oxidation sites excluding steroid dienone is 4. The minimum absolute atomic E-state index is 0.0840. The van der Waals surface area contributed by atoms with Crippen LogP contribution in [0.5, 0.6) is 11.8 Å². The van der Waals surface area contributed by atoms with Gasteiger partial charge in [-0.2, -0.15) is 30.5 Å². The van der Waals surface area contributed by atoms with E-state index in [0.29, 0.717) is 102 Å². The molecule has 0 saturated carbocycles. The van der Waals surface area contributed by atoms with Gasteiger partial charge in [0.05, 0.1) is 32.4 Å². The highest BCUT2D eigenvalue weighted by Gasteiger charge is 2.15. The minimum atomic E-state index is -0.506. The molecule has 0 saturated heterocycles. The smallest absolute Gasteiger partial charge is 0.407 e. The third-order valence-corrected chi connectivity index (χ3v) is 15.9. The summed E-state index contributed by atoms with van der Waals surface area (Å²) in [6.45, 7) is 3.60. The molecule has 28 heteroatoms. The topological polar surface area (TPSA) is 411 Å². The van der Waals surface area contributed by atoms with Gasteiger partial charge in [-0.3, -0.25) is 4.79 Å². The van der Waals surface area contributed by atoms with Gasteiger partial charge < -0.3 is 80.4 Å². The number of amides is 1.